The number of hydrogen-bond acceptors (Lipinski definition) is 3. The lowest BCUT2D eigenvalue weighted by atomic mass is 10.1. The average molecular weight is 324 g/mol. The first-order chi connectivity index (χ1) is 9.15. The third-order valence-corrected chi connectivity index (χ3v) is 3.64. The van der Waals surface area contributed by atoms with E-state index >= 15 is 0 Å². The minimum Gasteiger partial charge on any atom is -0.494 e. The largest absolute Gasteiger partial charge is 0.494 e. The van der Waals surface area contributed by atoms with Crippen LogP contribution in [0.4, 0.5) is 0 Å². The van der Waals surface area contributed by atoms with E-state index in [2.05, 4.69) is 22.9 Å². The highest BCUT2D eigenvalue weighted by Gasteiger charge is 2.16. The van der Waals surface area contributed by atoms with Crippen molar-refractivity contribution in [2.75, 3.05) is 6.61 Å². The molecule has 2 rings (SSSR count). The van der Waals surface area contributed by atoms with Gasteiger partial charge in [-0.3, -0.25) is 0 Å². The van der Waals surface area contributed by atoms with Crippen LogP contribution in [0, 0.1) is 0 Å². The molecule has 2 N–H and O–H groups in total. The highest BCUT2D eigenvalue weighted by atomic mass is 79.9. The molecule has 0 bridgehead atoms. The Morgan fingerprint density at radius 2 is 2.05 bits per heavy atom. The van der Waals surface area contributed by atoms with E-state index in [-0.39, 0.29) is 6.04 Å². The number of aryl methyl sites for hydroxylation is 1. The molecule has 1 unspecified atom stereocenters. The molecule has 1 aromatic carbocycles. The second-order valence-electron chi connectivity index (χ2n) is 4.25. The van der Waals surface area contributed by atoms with E-state index in [1.54, 1.807) is 0 Å². The molecule has 0 spiro atoms. The lowest BCUT2D eigenvalue weighted by molar-refractivity contribution is 0.340. The van der Waals surface area contributed by atoms with Gasteiger partial charge in [-0.05, 0) is 36.8 Å². The zero-order chi connectivity index (χ0) is 13.8. The minimum absolute atomic E-state index is 0.273. The van der Waals surface area contributed by atoms with Crippen molar-refractivity contribution >= 4 is 15.9 Å². The van der Waals surface area contributed by atoms with Gasteiger partial charge in [-0.25, -0.2) is 0 Å². The molecule has 0 aliphatic carbocycles. The first kappa shape index (κ1) is 14.2. The molecule has 0 amide bonds. The molecule has 0 fully saturated rings. The smallest absolute Gasteiger partial charge is 0.125 e. The average Bonchev–Trinajstić information content (AvgIpc) is 2.87. The van der Waals surface area contributed by atoms with Gasteiger partial charge in [-0.1, -0.05) is 28.9 Å². The van der Waals surface area contributed by atoms with Gasteiger partial charge in [0, 0.05) is 10.9 Å². The van der Waals surface area contributed by atoms with E-state index < -0.39 is 0 Å². The van der Waals surface area contributed by atoms with Crippen molar-refractivity contribution in [3.8, 4) is 5.75 Å². The summed E-state index contributed by atoms with van der Waals surface area (Å²) in [6.07, 6.45) is 0.872. The van der Waals surface area contributed by atoms with Gasteiger partial charge in [0.15, 0.2) is 0 Å². The lowest BCUT2D eigenvalue weighted by Gasteiger charge is -2.13. The molecule has 19 heavy (non-hydrogen) atoms. The first-order valence-electron chi connectivity index (χ1n) is 6.42. The van der Waals surface area contributed by atoms with E-state index in [1.165, 1.54) is 0 Å². The van der Waals surface area contributed by atoms with Gasteiger partial charge < -0.3 is 14.9 Å². The van der Waals surface area contributed by atoms with Crippen LogP contribution < -0.4 is 10.5 Å². The highest BCUT2D eigenvalue weighted by molar-refractivity contribution is 9.10. The minimum atomic E-state index is -0.273. The quantitative estimate of drug-likeness (QED) is 0.902. The molecule has 3 nitrogen and oxygen atoms in total. The molecular weight excluding hydrogens is 306 g/mol. The van der Waals surface area contributed by atoms with Gasteiger partial charge in [-0.15, -0.1) is 0 Å². The molecular formula is C15H18BrNO2. The van der Waals surface area contributed by atoms with E-state index in [9.17, 15) is 0 Å². The van der Waals surface area contributed by atoms with E-state index in [1.807, 2.05) is 37.3 Å². The molecule has 2 aromatic rings. The Labute approximate surface area is 121 Å². The van der Waals surface area contributed by atoms with Crippen molar-refractivity contribution in [2.24, 2.45) is 5.73 Å². The van der Waals surface area contributed by atoms with Gasteiger partial charge in [0.1, 0.15) is 17.3 Å². The number of rotatable bonds is 5. The topological polar surface area (TPSA) is 48.4 Å². The lowest BCUT2D eigenvalue weighted by Crippen LogP contribution is -2.11. The maximum absolute atomic E-state index is 6.24. The summed E-state index contributed by atoms with van der Waals surface area (Å²) in [6, 6.07) is 9.46. The predicted octanol–water partition coefficient (Wildman–Crippen LogP) is 4.05. The molecule has 1 heterocycles. The maximum Gasteiger partial charge on any atom is 0.125 e. The number of benzene rings is 1. The van der Waals surface area contributed by atoms with Crippen molar-refractivity contribution in [1.82, 2.24) is 0 Å². The normalized spacial score (nSPS) is 12.4. The van der Waals surface area contributed by atoms with Gasteiger partial charge in [0.05, 0.1) is 12.6 Å². The summed E-state index contributed by atoms with van der Waals surface area (Å²) < 4.78 is 12.1. The summed E-state index contributed by atoms with van der Waals surface area (Å²) in [5.41, 5.74) is 7.23. The van der Waals surface area contributed by atoms with Crippen molar-refractivity contribution in [3.63, 3.8) is 0 Å². The molecule has 0 aliphatic rings. The van der Waals surface area contributed by atoms with Gasteiger partial charge in [-0.2, -0.15) is 0 Å². The van der Waals surface area contributed by atoms with Gasteiger partial charge >= 0.3 is 0 Å². The first-order valence-corrected chi connectivity index (χ1v) is 7.21. The van der Waals surface area contributed by atoms with Crippen LogP contribution >= 0.6 is 15.9 Å². The monoisotopic (exact) mass is 323 g/mol. The summed E-state index contributed by atoms with van der Waals surface area (Å²) in [6.45, 7) is 4.67. The fourth-order valence-electron chi connectivity index (χ4n) is 1.92. The molecule has 0 saturated heterocycles. The number of furan rings is 1. The second-order valence-corrected chi connectivity index (χ2v) is 5.11. The Morgan fingerprint density at radius 1 is 1.26 bits per heavy atom. The number of ether oxygens (including phenoxy) is 1. The third kappa shape index (κ3) is 3.19. The standard InChI is InChI=1S/C15H18BrNO2/c1-3-10-6-8-14(19-10)15(17)12-7-5-11(18-4-2)9-13(12)16/h5-9,15H,3-4,17H2,1-2H3. The molecule has 1 aromatic heterocycles. The Morgan fingerprint density at radius 3 is 2.63 bits per heavy atom. The van der Waals surface area contributed by atoms with Crippen molar-refractivity contribution in [2.45, 2.75) is 26.3 Å². The Kier molecular flexibility index (Phi) is 4.66. The van der Waals surface area contributed by atoms with E-state index in [0.717, 1.165) is 33.7 Å². The summed E-state index contributed by atoms with van der Waals surface area (Å²) in [7, 11) is 0. The summed E-state index contributed by atoms with van der Waals surface area (Å²) in [4.78, 5) is 0. The predicted molar refractivity (Wildman–Crippen MR) is 79.4 cm³/mol. The zero-order valence-electron chi connectivity index (χ0n) is 11.2. The second kappa shape index (κ2) is 6.26. The van der Waals surface area contributed by atoms with Crippen LogP contribution in [-0.4, -0.2) is 6.61 Å². The number of hydrogen-bond donors (Lipinski definition) is 1. The van der Waals surface area contributed by atoms with Crippen LogP contribution in [0.1, 0.15) is 37.0 Å². The summed E-state index contributed by atoms with van der Waals surface area (Å²) in [5, 5.41) is 0. The molecule has 102 valence electrons. The Balaban J connectivity index is 2.25. The fourth-order valence-corrected chi connectivity index (χ4v) is 2.53. The molecule has 4 heteroatoms. The number of halogens is 1. The van der Waals surface area contributed by atoms with Gasteiger partial charge in [0.2, 0.25) is 0 Å². The van der Waals surface area contributed by atoms with Gasteiger partial charge in [0.25, 0.3) is 0 Å². The van der Waals surface area contributed by atoms with E-state index in [4.69, 9.17) is 14.9 Å². The fraction of sp³-hybridized carbons (Fsp3) is 0.333. The van der Waals surface area contributed by atoms with Crippen LogP contribution in [-0.2, 0) is 6.42 Å². The van der Waals surface area contributed by atoms with Crippen LogP contribution in [0.5, 0.6) is 5.75 Å². The molecule has 0 aliphatic heterocycles. The number of nitrogens with two attached hydrogens (primary N) is 1. The summed E-state index contributed by atoms with van der Waals surface area (Å²) >= 11 is 3.54. The third-order valence-electron chi connectivity index (χ3n) is 2.96. The molecule has 0 radical (unpaired) electrons. The van der Waals surface area contributed by atoms with Crippen molar-refractivity contribution in [3.05, 3.63) is 51.9 Å². The van der Waals surface area contributed by atoms with Crippen molar-refractivity contribution in [1.29, 1.82) is 0 Å². The SMILES string of the molecule is CCOc1ccc(C(N)c2ccc(CC)o2)c(Br)c1. The summed E-state index contributed by atoms with van der Waals surface area (Å²) in [5.74, 6) is 2.56. The Bertz CT molecular complexity index is 551. The maximum atomic E-state index is 6.24. The van der Waals surface area contributed by atoms with Crippen molar-refractivity contribution < 1.29 is 9.15 Å². The van der Waals surface area contributed by atoms with Crippen LogP contribution in [0.15, 0.2) is 39.2 Å². The molecule has 0 saturated carbocycles. The molecule has 1 atom stereocenters. The van der Waals surface area contributed by atoms with Crippen LogP contribution in [0.25, 0.3) is 0 Å². The van der Waals surface area contributed by atoms with Crippen LogP contribution in [0.3, 0.4) is 0 Å². The zero-order valence-corrected chi connectivity index (χ0v) is 12.7. The Hall–Kier alpha value is -1.26. The highest BCUT2D eigenvalue weighted by Crippen LogP contribution is 2.31. The van der Waals surface area contributed by atoms with Crippen LogP contribution in [0.2, 0.25) is 0 Å². The van der Waals surface area contributed by atoms with E-state index in [0.29, 0.717) is 6.61 Å².